The van der Waals surface area contributed by atoms with Gasteiger partial charge in [-0.1, -0.05) is 0 Å². The summed E-state index contributed by atoms with van der Waals surface area (Å²) in [5.41, 5.74) is 6.24. The maximum Gasteiger partial charge on any atom is 0.150 e. The highest BCUT2D eigenvalue weighted by Crippen LogP contribution is 2.37. The van der Waals surface area contributed by atoms with Crippen molar-refractivity contribution in [2.24, 2.45) is 7.05 Å². The smallest absolute Gasteiger partial charge is 0.150 e. The van der Waals surface area contributed by atoms with Gasteiger partial charge in [0.2, 0.25) is 0 Å². The Morgan fingerprint density at radius 2 is 2.06 bits per heavy atom. The summed E-state index contributed by atoms with van der Waals surface area (Å²) in [4.78, 5) is 13.4. The van der Waals surface area contributed by atoms with Crippen molar-refractivity contribution < 1.29 is 14.6 Å². The molecule has 0 spiro atoms. The largest absolute Gasteiger partial charge is 0.484 e. The number of nitrogens with one attached hydrogen (secondary N) is 1. The van der Waals surface area contributed by atoms with Crippen molar-refractivity contribution in [2.75, 3.05) is 18.5 Å². The quantitative estimate of drug-likeness (QED) is 0.410. The number of ether oxygens (including phenoxy) is 2. The Morgan fingerprint density at radius 3 is 2.88 bits per heavy atom. The van der Waals surface area contributed by atoms with Crippen LogP contribution in [0.5, 0.6) is 5.75 Å². The van der Waals surface area contributed by atoms with Gasteiger partial charge in [-0.3, -0.25) is 4.68 Å². The summed E-state index contributed by atoms with van der Waals surface area (Å²) < 4.78 is 14.5. The molecule has 10 heteroatoms. The van der Waals surface area contributed by atoms with Crippen LogP contribution in [0.15, 0.2) is 54.6 Å². The topological polar surface area (TPSA) is 107 Å². The zero-order valence-electron chi connectivity index (χ0n) is 17.7. The van der Waals surface area contributed by atoms with Crippen LogP contribution in [0.3, 0.4) is 0 Å². The van der Waals surface area contributed by atoms with E-state index in [0.29, 0.717) is 18.2 Å². The number of aliphatic hydroxyl groups excluding tert-OH is 1. The third-order valence-corrected chi connectivity index (χ3v) is 6.40. The molecule has 6 rings (SSSR count). The predicted molar refractivity (Wildman–Crippen MR) is 126 cm³/mol. The molecule has 166 valence electrons. The van der Waals surface area contributed by atoms with E-state index < -0.39 is 12.2 Å². The second-order valence-corrected chi connectivity index (χ2v) is 8.80. The van der Waals surface area contributed by atoms with Crippen molar-refractivity contribution in [3.05, 3.63) is 54.6 Å². The van der Waals surface area contributed by atoms with E-state index >= 15 is 0 Å². The van der Waals surface area contributed by atoms with Gasteiger partial charge < -0.3 is 19.9 Å². The molecule has 1 fully saturated rings. The second-order valence-electron chi connectivity index (χ2n) is 7.91. The van der Waals surface area contributed by atoms with Gasteiger partial charge in [0.25, 0.3) is 0 Å². The first-order chi connectivity index (χ1) is 16.1. The highest BCUT2D eigenvalue weighted by Gasteiger charge is 2.29. The number of aromatic nitrogens is 5. The summed E-state index contributed by atoms with van der Waals surface area (Å²) in [6.45, 7) is 0.569. The standard InChI is InChI=1S/C23H20N6O3S/c1-29-8-14(7-27-29)13-4-17-22(19(5-13)32-20-10-31-9-18(20)30)23(25-11-24-17)28-15-2-3-16-21(6-15)33-12-26-16/h2-8,11-12,18,20,30H,9-10H2,1H3,(H,24,25,28)/t18-,20-/m0/s1. The summed E-state index contributed by atoms with van der Waals surface area (Å²) >= 11 is 1.58. The van der Waals surface area contributed by atoms with Gasteiger partial charge in [-0.25, -0.2) is 15.0 Å². The Kier molecular flexibility index (Phi) is 4.90. The third kappa shape index (κ3) is 3.78. The molecular weight excluding hydrogens is 440 g/mol. The SMILES string of the molecule is Cn1cc(-c2cc(O[C@H]3COC[C@@H]3O)c3c(Nc4ccc5ncsc5c4)ncnc3c2)cn1. The van der Waals surface area contributed by atoms with Crippen LogP contribution in [0.25, 0.3) is 32.2 Å². The van der Waals surface area contributed by atoms with Crippen LogP contribution in [0.4, 0.5) is 11.5 Å². The average molecular weight is 461 g/mol. The molecule has 2 atom stereocenters. The van der Waals surface area contributed by atoms with E-state index in [2.05, 4.69) is 25.4 Å². The zero-order chi connectivity index (χ0) is 22.4. The number of rotatable bonds is 5. The summed E-state index contributed by atoms with van der Waals surface area (Å²) in [5, 5.41) is 18.7. The molecule has 1 aliphatic heterocycles. The van der Waals surface area contributed by atoms with Crippen LogP contribution in [-0.2, 0) is 11.8 Å². The number of nitrogens with zero attached hydrogens (tertiary/aromatic N) is 5. The van der Waals surface area contributed by atoms with Crippen molar-refractivity contribution in [3.63, 3.8) is 0 Å². The summed E-state index contributed by atoms with van der Waals surface area (Å²) in [5.74, 6) is 1.19. The molecule has 9 nitrogen and oxygen atoms in total. The first-order valence-corrected chi connectivity index (χ1v) is 11.3. The molecule has 0 aliphatic carbocycles. The number of hydrogen-bond acceptors (Lipinski definition) is 9. The molecule has 0 saturated carbocycles. The number of aliphatic hydroxyl groups is 1. The Hall–Kier alpha value is -3.60. The van der Waals surface area contributed by atoms with Crippen LogP contribution in [0.1, 0.15) is 0 Å². The lowest BCUT2D eigenvalue weighted by Gasteiger charge is -2.19. The van der Waals surface area contributed by atoms with Crippen molar-refractivity contribution >= 4 is 44.0 Å². The van der Waals surface area contributed by atoms with Crippen LogP contribution < -0.4 is 10.1 Å². The van der Waals surface area contributed by atoms with Gasteiger partial charge in [-0.2, -0.15) is 5.10 Å². The number of aryl methyl sites for hydroxylation is 1. The van der Waals surface area contributed by atoms with E-state index in [1.165, 1.54) is 6.33 Å². The minimum Gasteiger partial charge on any atom is -0.484 e. The van der Waals surface area contributed by atoms with Gasteiger partial charge in [0.1, 0.15) is 30.1 Å². The van der Waals surface area contributed by atoms with Crippen LogP contribution >= 0.6 is 11.3 Å². The maximum atomic E-state index is 10.3. The number of benzene rings is 2. The molecule has 33 heavy (non-hydrogen) atoms. The lowest BCUT2D eigenvalue weighted by Crippen LogP contribution is -2.29. The van der Waals surface area contributed by atoms with Gasteiger partial charge in [0.15, 0.2) is 0 Å². The van der Waals surface area contributed by atoms with E-state index in [-0.39, 0.29) is 6.61 Å². The predicted octanol–water partition coefficient (Wildman–Crippen LogP) is 3.52. The Bertz CT molecular complexity index is 1470. The number of fused-ring (bicyclic) bond motifs is 2. The number of hydrogen-bond donors (Lipinski definition) is 2. The third-order valence-electron chi connectivity index (χ3n) is 5.61. The molecule has 1 aliphatic rings. The number of thiazole rings is 1. The van der Waals surface area contributed by atoms with Crippen molar-refractivity contribution in [2.45, 2.75) is 12.2 Å². The van der Waals surface area contributed by atoms with Crippen LogP contribution in [0.2, 0.25) is 0 Å². The monoisotopic (exact) mass is 460 g/mol. The first kappa shape index (κ1) is 20.0. The fourth-order valence-electron chi connectivity index (χ4n) is 3.95. The van der Waals surface area contributed by atoms with Gasteiger partial charge >= 0.3 is 0 Å². The molecule has 0 radical (unpaired) electrons. The summed E-state index contributed by atoms with van der Waals surface area (Å²) in [7, 11) is 1.87. The molecule has 3 aromatic heterocycles. The Morgan fingerprint density at radius 1 is 1.12 bits per heavy atom. The molecule has 0 unspecified atom stereocenters. The van der Waals surface area contributed by atoms with Gasteiger partial charge in [0, 0.05) is 24.5 Å². The molecule has 4 heterocycles. The van der Waals surface area contributed by atoms with Gasteiger partial charge in [-0.05, 0) is 35.9 Å². The van der Waals surface area contributed by atoms with Crippen molar-refractivity contribution in [1.82, 2.24) is 24.7 Å². The van der Waals surface area contributed by atoms with Crippen molar-refractivity contribution in [3.8, 4) is 16.9 Å². The summed E-state index contributed by atoms with van der Waals surface area (Å²) in [6.07, 6.45) is 4.09. The molecule has 5 aromatic rings. The normalized spacial score (nSPS) is 18.2. The molecule has 0 bridgehead atoms. The highest BCUT2D eigenvalue weighted by atomic mass is 32.1. The van der Waals surface area contributed by atoms with E-state index in [9.17, 15) is 5.11 Å². The maximum absolute atomic E-state index is 10.3. The minimum absolute atomic E-state index is 0.251. The second kappa shape index (κ2) is 8.07. The lowest BCUT2D eigenvalue weighted by molar-refractivity contribution is 0.0743. The molecule has 0 amide bonds. The Balaban J connectivity index is 1.47. The lowest BCUT2D eigenvalue weighted by atomic mass is 10.1. The molecular formula is C23H20N6O3S. The number of anilines is 2. The highest BCUT2D eigenvalue weighted by molar-refractivity contribution is 7.16. The van der Waals surface area contributed by atoms with E-state index in [1.54, 1.807) is 22.2 Å². The van der Waals surface area contributed by atoms with Gasteiger partial charge in [-0.15, -0.1) is 11.3 Å². The van der Waals surface area contributed by atoms with E-state index in [1.807, 2.05) is 49.1 Å². The van der Waals surface area contributed by atoms with Crippen molar-refractivity contribution in [1.29, 1.82) is 0 Å². The van der Waals surface area contributed by atoms with Gasteiger partial charge in [0.05, 0.1) is 46.0 Å². The fourth-order valence-corrected chi connectivity index (χ4v) is 4.66. The van der Waals surface area contributed by atoms with Crippen LogP contribution in [-0.4, -0.2) is 55.3 Å². The van der Waals surface area contributed by atoms with Crippen LogP contribution in [0, 0.1) is 0 Å². The van der Waals surface area contributed by atoms with E-state index in [4.69, 9.17) is 9.47 Å². The molecule has 1 saturated heterocycles. The Labute approximate surface area is 192 Å². The zero-order valence-corrected chi connectivity index (χ0v) is 18.5. The first-order valence-electron chi connectivity index (χ1n) is 10.4. The van der Waals surface area contributed by atoms with E-state index in [0.717, 1.165) is 37.9 Å². The molecule has 2 N–H and O–H groups in total. The average Bonchev–Trinajstić information content (AvgIpc) is 3.55. The molecule has 2 aromatic carbocycles. The minimum atomic E-state index is -0.697. The summed E-state index contributed by atoms with van der Waals surface area (Å²) in [6, 6.07) is 9.90. The fraction of sp³-hybridized carbons (Fsp3) is 0.217.